The normalized spacial score (nSPS) is 12.6. The van der Waals surface area contributed by atoms with E-state index in [9.17, 15) is 4.39 Å². The Balaban J connectivity index is 2.01. The van der Waals surface area contributed by atoms with E-state index < -0.39 is 0 Å². The van der Waals surface area contributed by atoms with Gasteiger partial charge in [0.25, 0.3) is 0 Å². The number of hydrogen-bond acceptors (Lipinski definition) is 2. The van der Waals surface area contributed by atoms with E-state index in [0.717, 1.165) is 26.3 Å². The third kappa shape index (κ3) is 2.93. The Morgan fingerprint density at radius 1 is 1.19 bits per heavy atom. The number of benzene rings is 2. The summed E-state index contributed by atoms with van der Waals surface area (Å²) in [6, 6.07) is 12.5. The van der Waals surface area contributed by atoms with Gasteiger partial charge in [0.1, 0.15) is 11.6 Å². The molecule has 1 nitrogen and oxygen atoms in total. The van der Waals surface area contributed by atoms with Gasteiger partial charge in [0, 0.05) is 14.6 Å². The Kier molecular flexibility index (Phi) is 4.20. The summed E-state index contributed by atoms with van der Waals surface area (Å²) in [6.45, 7) is 0. The molecule has 0 amide bonds. The van der Waals surface area contributed by atoms with Crippen molar-refractivity contribution in [2.75, 3.05) is 7.11 Å². The van der Waals surface area contributed by atoms with Gasteiger partial charge >= 0.3 is 0 Å². The molecule has 1 aromatic heterocycles. The molecule has 1 unspecified atom stereocenters. The number of hydrogen-bond donors (Lipinski definition) is 0. The molecule has 0 radical (unpaired) electrons. The number of halogens is 3. The molecule has 0 aliphatic rings. The van der Waals surface area contributed by atoms with Gasteiger partial charge in [-0.2, -0.15) is 0 Å². The maximum Gasteiger partial charge on any atom is 0.124 e. The van der Waals surface area contributed by atoms with Crippen molar-refractivity contribution >= 4 is 49.0 Å². The molecule has 0 bridgehead atoms. The molecule has 1 atom stereocenters. The van der Waals surface area contributed by atoms with Crippen LogP contribution in [0.25, 0.3) is 10.1 Å². The van der Waals surface area contributed by atoms with Crippen molar-refractivity contribution in [2.45, 2.75) is 4.83 Å². The first-order valence-corrected chi connectivity index (χ1v) is 8.36. The Morgan fingerprint density at radius 2 is 2.00 bits per heavy atom. The highest BCUT2D eigenvalue weighted by molar-refractivity contribution is 9.09. The van der Waals surface area contributed by atoms with Crippen LogP contribution in [0, 0.1) is 5.82 Å². The summed E-state index contributed by atoms with van der Waals surface area (Å²) in [4.78, 5) is 1.05. The lowest BCUT2D eigenvalue weighted by Gasteiger charge is -2.11. The maximum atomic E-state index is 13.3. The van der Waals surface area contributed by atoms with E-state index in [1.165, 1.54) is 6.07 Å². The average molecular weight is 386 g/mol. The van der Waals surface area contributed by atoms with Crippen molar-refractivity contribution < 1.29 is 9.13 Å². The standard InChI is InChI=1S/C16H11BrClFOS/c1-20-11-4-5-12(13(18)8-11)16(17)15-6-9-2-3-10(19)7-14(9)21-15/h2-8,16H,1H3. The van der Waals surface area contributed by atoms with E-state index in [4.69, 9.17) is 16.3 Å². The number of thiophene rings is 1. The summed E-state index contributed by atoms with van der Waals surface area (Å²) in [5.41, 5.74) is 0.962. The molecule has 0 saturated carbocycles. The van der Waals surface area contributed by atoms with Crippen LogP contribution >= 0.6 is 38.9 Å². The molecule has 0 saturated heterocycles. The van der Waals surface area contributed by atoms with E-state index in [1.807, 2.05) is 12.1 Å². The van der Waals surface area contributed by atoms with Crippen LogP contribution in [-0.2, 0) is 0 Å². The Morgan fingerprint density at radius 3 is 2.71 bits per heavy atom. The number of fused-ring (bicyclic) bond motifs is 1. The van der Waals surface area contributed by atoms with Crippen LogP contribution in [0.5, 0.6) is 5.75 Å². The minimum Gasteiger partial charge on any atom is -0.497 e. The SMILES string of the molecule is COc1ccc(C(Br)c2cc3ccc(F)cc3s2)c(Cl)c1. The van der Waals surface area contributed by atoms with E-state index in [1.54, 1.807) is 36.6 Å². The quantitative estimate of drug-likeness (QED) is 0.489. The predicted molar refractivity (Wildman–Crippen MR) is 90.6 cm³/mol. The average Bonchev–Trinajstić information content (AvgIpc) is 2.89. The minimum atomic E-state index is -0.218. The second-order valence-electron chi connectivity index (χ2n) is 4.58. The fourth-order valence-corrected chi connectivity index (χ4v) is 4.45. The smallest absolute Gasteiger partial charge is 0.124 e. The van der Waals surface area contributed by atoms with Crippen molar-refractivity contribution in [3.63, 3.8) is 0 Å². The fraction of sp³-hybridized carbons (Fsp3) is 0.125. The van der Waals surface area contributed by atoms with Crippen LogP contribution in [0.3, 0.4) is 0 Å². The summed E-state index contributed by atoms with van der Waals surface area (Å²) in [7, 11) is 1.61. The van der Waals surface area contributed by atoms with Crippen molar-refractivity contribution in [3.8, 4) is 5.75 Å². The highest BCUT2D eigenvalue weighted by Crippen LogP contribution is 2.41. The molecule has 0 aliphatic carbocycles. The molecule has 0 fully saturated rings. The van der Waals surface area contributed by atoms with Crippen LogP contribution in [0.4, 0.5) is 4.39 Å². The van der Waals surface area contributed by atoms with Gasteiger partial charge in [-0.15, -0.1) is 11.3 Å². The first-order chi connectivity index (χ1) is 10.1. The first-order valence-electron chi connectivity index (χ1n) is 6.25. The zero-order valence-corrected chi connectivity index (χ0v) is 14.2. The summed E-state index contributed by atoms with van der Waals surface area (Å²) < 4.78 is 19.4. The zero-order valence-electron chi connectivity index (χ0n) is 11.1. The second-order valence-corrected chi connectivity index (χ2v) is 7.02. The number of methoxy groups -OCH3 is 1. The van der Waals surface area contributed by atoms with E-state index in [-0.39, 0.29) is 10.6 Å². The first kappa shape index (κ1) is 14.8. The van der Waals surface area contributed by atoms with Crippen LogP contribution in [0.15, 0.2) is 42.5 Å². The molecule has 2 aromatic carbocycles. The van der Waals surface area contributed by atoms with E-state index >= 15 is 0 Å². The molecule has 21 heavy (non-hydrogen) atoms. The van der Waals surface area contributed by atoms with Gasteiger partial charge in [0.15, 0.2) is 0 Å². The summed E-state index contributed by atoms with van der Waals surface area (Å²) >= 11 is 11.5. The second kappa shape index (κ2) is 5.95. The monoisotopic (exact) mass is 384 g/mol. The Labute approximate surface area is 139 Å². The fourth-order valence-electron chi connectivity index (χ4n) is 2.14. The van der Waals surface area contributed by atoms with Gasteiger partial charge in [-0.25, -0.2) is 4.39 Å². The van der Waals surface area contributed by atoms with Gasteiger partial charge in [0.05, 0.1) is 11.9 Å². The van der Waals surface area contributed by atoms with E-state index in [0.29, 0.717) is 5.02 Å². The Bertz CT molecular complexity index is 802. The van der Waals surface area contributed by atoms with Crippen molar-refractivity contribution in [1.82, 2.24) is 0 Å². The third-order valence-electron chi connectivity index (χ3n) is 3.23. The lowest BCUT2D eigenvalue weighted by Crippen LogP contribution is -1.92. The molecule has 0 aliphatic heterocycles. The molecule has 5 heteroatoms. The van der Waals surface area contributed by atoms with Crippen LogP contribution in [0.2, 0.25) is 5.02 Å². The highest BCUT2D eigenvalue weighted by Gasteiger charge is 2.17. The number of alkyl halides is 1. The molecular weight excluding hydrogens is 375 g/mol. The molecule has 1 heterocycles. The van der Waals surface area contributed by atoms with E-state index in [2.05, 4.69) is 22.0 Å². The number of rotatable bonds is 3. The molecule has 0 spiro atoms. The predicted octanol–water partition coefficient (Wildman–Crippen LogP) is 6.19. The van der Waals surface area contributed by atoms with Crippen molar-refractivity contribution in [3.05, 3.63) is 63.7 Å². The van der Waals surface area contributed by atoms with Crippen LogP contribution < -0.4 is 4.74 Å². The largest absolute Gasteiger partial charge is 0.497 e. The lowest BCUT2D eigenvalue weighted by molar-refractivity contribution is 0.414. The number of ether oxygens (including phenoxy) is 1. The topological polar surface area (TPSA) is 9.23 Å². The van der Waals surface area contributed by atoms with Crippen molar-refractivity contribution in [1.29, 1.82) is 0 Å². The van der Waals surface area contributed by atoms with Gasteiger partial charge in [-0.3, -0.25) is 0 Å². The Hall–Kier alpha value is -1.10. The molecule has 108 valence electrons. The third-order valence-corrected chi connectivity index (χ3v) is 6.01. The van der Waals surface area contributed by atoms with Crippen LogP contribution in [0.1, 0.15) is 15.3 Å². The summed E-state index contributed by atoms with van der Waals surface area (Å²) in [5.74, 6) is 0.506. The highest BCUT2D eigenvalue weighted by atomic mass is 79.9. The zero-order chi connectivity index (χ0) is 15.0. The van der Waals surface area contributed by atoms with Gasteiger partial charge < -0.3 is 4.74 Å². The summed E-state index contributed by atoms with van der Waals surface area (Å²) in [5, 5.41) is 1.67. The maximum absolute atomic E-state index is 13.3. The van der Waals surface area contributed by atoms with Gasteiger partial charge in [-0.1, -0.05) is 39.7 Å². The minimum absolute atomic E-state index is 0.0311. The van der Waals surface area contributed by atoms with Gasteiger partial charge in [0.2, 0.25) is 0 Å². The van der Waals surface area contributed by atoms with Gasteiger partial charge in [-0.05, 0) is 41.3 Å². The summed E-state index contributed by atoms with van der Waals surface area (Å²) in [6.07, 6.45) is 0. The lowest BCUT2D eigenvalue weighted by atomic mass is 10.1. The molecular formula is C16H11BrClFOS. The van der Waals surface area contributed by atoms with Crippen LogP contribution in [-0.4, -0.2) is 7.11 Å². The molecule has 0 N–H and O–H groups in total. The van der Waals surface area contributed by atoms with Crippen molar-refractivity contribution in [2.24, 2.45) is 0 Å². The molecule has 3 rings (SSSR count). The molecule has 3 aromatic rings.